The van der Waals surface area contributed by atoms with Crippen LogP contribution in [0.25, 0.3) is 0 Å². The molecule has 1 aromatic rings. The highest BCUT2D eigenvalue weighted by molar-refractivity contribution is 6.74. The molecule has 1 aromatic carbocycles. The van der Waals surface area contributed by atoms with Gasteiger partial charge in [-0.25, -0.2) is 0 Å². The Bertz CT molecular complexity index is 917. The summed E-state index contributed by atoms with van der Waals surface area (Å²) in [4.78, 5) is 13.8. The molecule has 0 aliphatic heterocycles. The minimum Gasteiger partial charge on any atom is -0.413 e. The number of carbonyl (C=O) groups is 1. The van der Waals surface area contributed by atoms with Crippen molar-refractivity contribution in [2.75, 3.05) is 6.61 Å². The van der Waals surface area contributed by atoms with Crippen molar-refractivity contribution in [2.45, 2.75) is 144 Å². The van der Waals surface area contributed by atoms with Crippen LogP contribution in [0.4, 0.5) is 0 Å². The third-order valence-corrected chi connectivity index (χ3v) is 18.7. The number of Topliss-reactive ketones (excluding diaryl/α,β-unsaturated/α-hetero) is 1. The summed E-state index contributed by atoms with van der Waals surface area (Å²) in [5.74, 6) is -0.228. The molecule has 7 heteroatoms. The zero-order chi connectivity index (χ0) is 32.0. The van der Waals surface area contributed by atoms with Crippen LogP contribution >= 0.6 is 0 Å². The molecule has 0 saturated heterocycles. The van der Waals surface area contributed by atoms with E-state index in [9.17, 15) is 9.90 Å². The molecule has 238 valence electrons. The summed E-state index contributed by atoms with van der Waals surface area (Å²) in [6.45, 7) is 33.8. The van der Waals surface area contributed by atoms with Crippen molar-refractivity contribution in [3.63, 3.8) is 0 Å². The second-order valence-corrected chi connectivity index (χ2v) is 25.3. The van der Waals surface area contributed by atoms with E-state index in [1.807, 2.05) is 32.0 Å². The van der Waals surface area contributed by atoms with Gasteiger partial charge in [0, 0.05) is 24.2 Å². The Hall–Kier alpha value is -0.836. The average molecular weight is 609 g/mol. The zero-order valence-electron chi connectivity index (χ0n) is 29.1. The van der Waals surface area contributed by atoms with Gasteiger partial charge in [0.05, 0.1) is 31.5 Å². The maximum Gasteiger partial charge on any atom is 0.192 e. The fourth-order valence-corrected chi connectivity index (χ4v) is 7.60. The summed E-state index contributed by atoms with van der Waals surface area (Å²) < 4.78 is 19.8. The first-order valence-corrected chi connectivity index (χ1v) is 21.5. The van der Waals surface area contributed by atoms with Crippen LogP contribution in [0.15, 0.2) is 30.3 Å². The standard InChI is InChI=1S/C34H64O5Si2/c1-24(2)31(38-40(12,13)33(6,7)8)26(4)29(35)21-30(36)27(5)32(39-41(14,15)34(9,10)11)25(3)22-37-23-28-19-17-16-18-20-28/h16-20,24-27,29,31-32,35H,21-23H2,1-15H3/t25-,26+,27-,29+,31-,32-/m1/s1. The number of aliphatic hydroxyl groups excluding tert-OH is 1. The third-order valence-electron chi connectivity index (χ3n) is 9.72. The molecule has 0 saturated carbocycles. The van der Waals surface area contributed by atoms with Crippen molar-refractivity contribution >= 4 is 22.4 Å². The molecule has 0 bridgehead atoms. The van der Waals surface area contributed by atoms with Crippen molar-refractivity contribution in [3.8, 4) is 0 Å². The fraction of sp³-hybridized carbons (Fsp3) is 0.794. The first-order chi connectivity index (χ1) is 18.5. The summed E-state index contributed by atoms with van der Waals surface area (Å²) in [7, 11) is -4.21. The van der Waals surface area contributed by atoms with E-state index in [1.165, 1.54) is 0 Å². The van der Waals surface area contributed by atoms with E-state index >= 15 is 0 Å². The normalized spacial score (nSPS) is 18.1. The van der Waals surface area contributed by atoms with Crippen molar-refractivity contribution in [3.05, 3.63) is 35.9 Å². The van der Waals surface area contributed by atoms with Gasteiger partial charge < -0.3 is 18.7 Å². The number of hydrogen-bond acceptors (Lipinski definition) is 5. The van der Waals surface area contributed by atoms with E-state index in [-0.39, 0.29) is 58.2 Å². The van der Waals surface area contributed by atoms with Crippen molar-refractivity contribution < 1.29 is 23.5 Å². The minimum absolute atomic E-state index is 0.0121. The lowest BCUT2D eigenvalue weighted by Gasteiger charge is -2.43. The number of ketones is 1. The summed E-state index contributed by atoms with van der Waals surface area (Å²) in [5, 5.41) is 11.4. The highest BCUT2D eigenvalue weighted by atomic mass is 28.4. The first kappa shape index (κ1) is 38.2. The molecule has 6 atom stereocenters. The van der Waals surface area contributed by atoms with Crippen LogP contribution in [0, 0.1) is 23.7 Å². The van der Waals surface area contributed by atoms with Gasteiger partial charge in [-0.1, -0.05) is 106 Å². The molecule has 0 radical (unpaired) electrons. The first-order valence-electron chi connectivity index (χ1n) is 15.7. The number of carbonyl (C=O) groups excluding carboxylic acids is 1. The lowest BCUT2D eigenvalue weighted by molar-refractivity contribution is -0.130. The smallest absolute Gasteiger partial charge is 0.192 e. The Labute approximate surface area is 255 Å². The maximum absolute atomic E-state index is 13.8. The van der Waals surface area contributed by atoms with Gasteiger partial charge in [0.1, 0.15) is 5.78 Å². The van der Waals surface area contributed by atoms with E-state index < -0.39 is 22.7 Å². The fourth-order valence-electron chi connectivity index (χ4n) is 4.61. The monoisotopic (exact) mass is 608 g/mol. The van der Waals surface area contributed by atoms with Crippen LogP contribution in [0.5, 0.6) is 0 Å². The molecule has 0 unspecified atom stereocenters. The van der Waals surface area contributed by atoms with Gasteiger partial charge in [-0.15, -0.1) is 0 Å². The number of hydrogen-bond donors (Lipinski definition) is 1. The predicted octanol–water partition coefficient (Wildman–Crippen LogP) is 8.87. The Morgan fingerprint density at radius 1 is 0.805 bits per heavy atom. The van der Waals surface area contributed by atoms with Crippen LogP contribution in [-0.4, -0.2) is 52.4 Å². The van der Waals surface area contributed by atoms with E-state index in [4.69, 9.17) is 13.6 Å². The molecule has 41 heavy (non-hydrogen) atoms. The average Bonchev–Trinajstić information content (AvgIpc) is 2.83. The molecular formula is C34H64O5Si2. The van der Waals surface area contributed by atoms with Gasteiger partial charge in [-0.2, -0.15) is 0 Å². The van der Waals surface area contributed by atoms with Gasteiger partial charge in [0.2, 0.25) is 0 Å². The van der Waals surface area contributed by atoms with Gasteiger partial charge in [-0.05, 0) is 47.7 Å². The number of ether oxygens (including phenoxy) is 1. The van der Waals surface area contributed by atoms with Crippen LogP contribution in [0.3, 0.4) is 0 Å². The highest BCUT2D eigenvalue weighted by Crippen LogP contribution is 2.41. The van der Waals surface area contributed by atoms with Crippen molar-refractivity contribution in [2.24, 2.45) is 23.7 Å². The quantitative estimate of drug-likeness (QED) is 0.190. The molecule has 0 aromatic heterocycles. The lowest BCUT2D eigenvalue weighted by Crippen LogP contribution is -2.50. The second kappa shape index (κ2) is 15.2. The molecule has 0 fully saturated rings. The van der Waals surface area contributed by atoms with Gasteiger partial charge in [0.15, 0.2) is 16.6 Å². The van der Waals surface area contributed by atoms with E-state index in [2.05, 4.69) is 101 Å². The summed E-state index contributed by atoms with van der Waals surface area (Å²) in [5.41, 5.74) is 1.13. The number of benzene rings is 1. The lowest BCUT2D eigenvalue weighted by atomic mass is 9.84. The SMILES string of the molecule is CC(C)[C@@H](O[Si](C)(C)C(C)(C)C)[C@@H](C)[C@@H](O)CC(=O)[C@@H](C)[C@H](O[Si](C)(C)C(C)(C)C)[C@H](C)COCc1ccccc1. The highest BCUT2D eigenvalue weighted by Gasteiger charge is 2.44. The molecule has 0 aliphatic rings. The van der Waals surface area contributed by atoms with E-state index in [0.717, 1.165) is 5.56 Å². The largest absolute Gasteiger partial charge is 0.413 e. The summed E-state index contributed by atoms with van der Waals surface area (Å²) >= 11 is 0. The maximum atomic E-state index is 13.8. The summed E-state index contributed by atoms with van der Waals surface area (Å²) in [6, 6.07) is 10.1. The molecule has 0 heterocycles. The molecule has 1 rings (SSSR count). The van der Waals surface area contributed by atoms with E-state index in [0.29, 0.717) is 13.2 Å². The van der Waals surface area contributed by atoms with Crippen LogP contribution in [0.1, 0.15) is 88.1 Å². The topological polar surface area (TPSA) is 65.0 Å². The molecule has 1 N–H and O–H groups in total. The molecule has 5 nitrogen and oxygen atoms in total. The minimum atomic E-state index is -2.17. The zero-order valence-corrected chi connectivity index (χ0v) is 31.1. The van der Waals surface area contributed by atoms with Gasteiger partial charge in [-0.3, -0.25) is 4.79 Å². The Morgan fingerprint density at radius 2 is 1.27 bits per heavy atom. The van der Waals surface area contributed by atoms with Crippen LogP contribution < -0.4 is 0 Å². The Morgan fingerprint density at radius 3 is 1.71 bits per heavy atom. The number of rotatable bonds is 16. The van der Waals surface area contributed by atoms with Crippen LogP contribution in [-0.2, 0) is 25.0 Å². The molecule has 0 aliphatic carbocycles. The Balaban J connectivity index is 3.08. The van der Waals surface area contributed by atoms with Gasteiger partial charge >= 0.3 is 0 Å². The van der Waals surface area contributed by atoms with Gasteiger partial charge in [0.25, 0.3) is 0 Å². The van der Waals surface area contributed by atoms with Crippen molar-refractivity contribution in [1.29, 1.82) is 0 Å². The molecule has 0 amide bonds. The second-order valence-electron chi connectivity index (χ2n) is 15.8. The van der Waals surface area contributed by atoms with E-state index in [1.54, 1.807) is 0 Å². The van der Waals surface area contributed by atoms with Crippen molar-refractivity contribution in [1.82, 2.24) is 0 Å². The Kier molecular flexibility index (Phi) is 14.2. The summed E-state index contributed by atoms with van der Waals surface area (Å²) in [6.07, 6.45) is -1.08. The third kappa shape index (κ3) is 11.3. The number of aliphatic hydroxyl groups is 1. The predicted molar refractivity (Wildman–Crippen MR) is 178 cm³/mol. The van der Waals surface area contributed by atoms with Crippen LogP contribution in [0.2, 0.25) is 36.3 Å². The molecular weight excluding hydrogens is 545 g/mol. The molecule has 0 spiro atoms.